The molecule has 1 amide bonds. The predicted octanol–water partition coefficient (Wildman–Crippen LogP) is 2.79. The molecule has 1 rings (SSSR count). The zero-order valence-electron chi connectivity index (χ0n) is 11.4. The van der Waals surface area contributed by atoms with Crippen molar-refractivity contribution in [3.05, 3.63) is 48.6 Å². The van der Waals surface area contributed by atoms with E-state index in [0.717, 1.165) is 12.0 Å². The number of carbonyl (C=O) groups is 1. The first-order valence-corrected chi connectivity index (χ1v) is 6.56. The maximum absolute atomic E-state index is 12.3. The standard InChI is InChI=1S/C16H20N2O/c1-3-10-18(11-4-2)16(19)15(13-17)12-14-8-6-5-7-9-14/h3,5-9,15H,1,4,10-12H2,2H3. The largest absolute Gasteiger partial charge is 0.338 e. The Morgan fingerprint density at radius 3 is 2.68 bits per heavy atom. The average molecular weight is 256 g/mol. The van der Waals surface area contributed by atoms with Crippen LogP contribution in [0.4, 0.5) is 0 Å². The molecule has 0 aliphatic heterocycles. The van der Waals surface area contributed by atoms with Crippen LogP contribution in [0.25, 0.3) is 0 Å². The fraction of sp³-hybridized carbons (Fsp3) is 0.375. The fourth-order valence-corrected chi connectivity index (χ4v) is 1.98. The normalized spacial score (nSPS) is 11.4. The Morgan fingerprint density at radius 1 is 1.47 bits per heavy atom. The van der Waals surface area contributed by atoms with Crippen LogP contribution in [-0.4, -0.2) is 23.9 Å². The maximum Gasteiger partial charge on any atom is 0.240 e. The SMILES string of the molecule is C=CCN(CCC)C(=O)C(C#N)Cc1ccccc1. The Labute approximate surface area is 115 Å². The van der Waals surface area contributed by atoms with E-state index < -0.39 is 5.92 Å². The molecule has 19 heavy (non-hydrogen) atoms. The van der Waals surface area contributed by atoms with Crippen molar-refractivity contribution in [3.8, 4) is 6.07 Å². The molecule has 1 aromatic carbocycles. The van der Waals surface area contributed by atoms with Crippen LogP contribution < -0.4 is 0 Å². The highest BCUT2D eigenvalue weighted by Gasteiger charge is 2.23. The third kappa shape index (κ3) is 4.59. The zero-order valence-corrected chi connectivity index (χ0v) is 11.4. The molecule has 0 saturated heterocycles. The van der Waals surface area contributed by atoms with Crippen molar-refractivity contribution in [1.29, 1.82) is 5.26 Å². The quantitative estimate of drug-likeness (QED) is 0.704. The second-order valence-electron chi connectivity index (χ2n) is 4.44. The molecule has 3 nitrogen and oxygen atoms in total. The smallest absolute Gasteiger partial charge is 0.240 e. The van der Waals surface area contributed by atoms with Gasteiger partial charge in [-0.1, -0.05) is 43.3 Å². The van der Waals surface area contributed by atoms with Gasteiger partial charge >= 0.3 is 0 Å². The van der Waals surface area contributed by atoms with Gasteiger partial charge < -0.3 is 4.90 Å². The van der Waals surface area contributed by atoms with Gasteiger partial charge in [-0.2, -0.15) is 5.26 Å². The third-order valence-corrected chi connectivity index (χ3v) is 2.89. The predicted molar refractivity (Wildman–Crippen MR) is 76.3 cm³/mol. The molecule has 100 valence electrons. The summed E-state index contributed by atoms with van der Waals surface area (Å²) in [7, 11) is 0. The number of rotatable bonds is 7. The van der Waals surface area contributed by atoms with Crippen molar-refractivity contribution in [2.75, 3.05) is 13.1 Å². The summed E-state index contributed by atoms with van der Waals surface area (Å²) in [4.78, 5) is 14.0. The van der Waals surface area contributed by atoms with Crippen molar-refractivity contribution in [2.24, 2.45) is 5.92 Å². The first-order valence-electron chi connectivity index (χ1n) is 6.56. The minimum Gasteiger partial charge on any atom is -0.338 e. The number of amides is 1. The van der Waals surface area contributed by atoms with Crippen molar-refractivity contribution >= 4 is 5.91 Å². The van der Waals surface area contributed by atoms with Gasteiger partial charge in [0.2, 0.25) is 5.91 Å². The first kappa shape index (κ1) is 15.0. The lowest BCUT2D eigenvalue weighted by Crippen LogP contribution is -2.37. The van der Waals surface area contributed by atoms with Gasteiger partial charge in [-0.3, -0.25) is 4.79 Å². The summed E-state index contributed by atoms with van der Waals surface area (Å²) in [6.07, 6.45) is 3.04. The minimum atomic E-state index is -0.617. The van der Waals surface area contributed by atoms with E-state index in [4.69, 9.17) is 0 Å². The lowest BCUT2D eigenvalue weighted by molar-refractivity contribution is -0.133. The summed E-state index contributed by atoms with van der Waals surface area (Å²) in [6, 6.07) is 11.8. The van der Waals surface area contributed by atoms with Gasteiger partial charge in [0.05, 0.1) is 6.07 Å². The van der Waals surface area contributed by atoms with Gasteiger partial charge in [-0.15, -0.1) is 6.58 Å². The molecule has 1 unspecified atom stereocenters. The van der Waals surface area contributed by atoms with Crippen LogP contribution >= 0.6 is 0 Å². The monoisotopic (exact) mass is 256 g/mol. The number of carbonyl (C=O) groups excluding carboxylic acids is 1. The van der Waals surface area contributed by atoms with Gasteiger partial charge in [0, 0.05) is 13.1 Å². The molecule has 0 heterocycles. The van der Waals surface area contributed by atoms with Crippen LogP contribution in [-0.2, 0) is 11.2 Å². The van der Waals surface area contributed by atoms with Crippen LogP contribution in [0.15, 0.2) is 43.0 Å². The number of nitriles is 1. The van der Waals surface area contributed by atoms with Crippen LogP contribution in [0.1, 0.15) is 18.9 Å². The molecule has 0 fully saturated rings. The number of hydrogen-bond donors (Lipinski definition) is 0. The molecule has 0 bridgehead atoms. The van der Waals surface area contributed by atoms with E-state index in [9.17, 15) is 10.1 Å². The van der Waals surface area contributed by atoms with E-state index >= 15 is 0 Å². The van der Waals surface area contributed by atoms with Crippen molar-refractivity contribution < 1.29 is 4.79 Å². The molecule has 3 heteroatoms. The summed E-state index contributed by atoms with van der Waals surface area (Å²) in [5, 5.41) is 9.22. The molecular weight excluding hydrogens is 236 g/mol. The lowest BCUT2D eigenvalue weighted by atomic mass is 9.99. The molecule has 1 atom stereocenters. The molecule has 0 radical (unpaired) electrons. The van der Waals surface area contributed by atoms with Crippen LogP contribution in [0.3, 0.4) is 0 Å². The van der Waals surface area contributed by atoms with Gasteiger partial charge in [-0.05, 0) is 18.4 Å². The molecule has 0 spiro atoms. The van der Waals surface area contributed by atoms with Crippen LogP contribution in [0.2, 0.25) is 0 Å². The minimum absolute atomic E-state index is 0.104. The summed E-state index contributed by atoms with van der Waals surface area (Å²) < 4.78 is 0. The number of benzene rings is 1. The highest BCUT2D eigenvalue weighted by Crippen LogP contribution is 2.12. The van der Waals surface area contributed by atoms with Gasteiger partial charge in [0.25, 0.3) is 0 Å². The van der Waals surface area contributed by atoms with Crippen LogP contribution in [0, 0.1) is 17.2 Å². The number of nitrogens with zero attached hydrogens (tertiary/aromatic N) is 2. The van der Waals surface area contributed by atoms with Crippen molar-refractivity contribution in [3.63, 3.8) is 0 Å². The third-order valence-electron chi connectivity index (χ3n) is 2.89. The Balaban J connectivity index is 2.75. The second kappa shape index (κ2) is 8.10. The average Bonchev–Trinajstić information content (AvgIpc) is 2.45. The topological polar surface area (TPSA) is 44.1 Å². The summed E-state index contributed by atoms with van der Waals surface area (Å²) in [5.74, 6) is -0.720. The van der Waals surface area contributed by atoms with Crippen molar-refractivity contribution in [2.45, 2.75) is 19.8 Å². The van der Waals surface area contributed by atoms with Gasteiger partial charge in [-0.25, -0.2) is 0 Å². The van der Waals surface area contributed by atoms with Gasteiger partial charge in [0.1, 0.15) is 5.92 Å². The Kier molecular flexibility index (Phi) is 6.38. The zero-order chi connectivity index (χ0) is 14.1. The molecule has 0 aliphatic rings. The van der Waals surface area contributed by atoms with E-state index in [1.807, 2.05) is 37.3 Å². The van der Waals surface area contributed by atoms with Gasteiger partial charge in [0.15, 0.2) is 0 Å². The number of hydrogen-bond acceptors (Lipinski definition) is 2. The first-order chi connectivity index (χ1) is 9.22. The fourth-order valence-electron chi connectivity index (χ4n) is 1.98. The molecule has 0 aromatic heterocycles. The van der Waals surface area contributed by atoms with Crippen LogP contribution in [0.5, 0.6) is 0 Å². The molecular formula is C16H20N2O. The summed E-state index contributed by atoms with van der Waals surface area (Å²) >= 11 is 0. The Morgan fingerprint density at radius 2 is 2.16 bits per heavy atom. The highest BCUT2D eigenvalue weighted by atomic mass is 16.2. The lowest BCUT2D eigenvalue weighted by Gasteiger charge is -2.23. The van der Waals surface area contributed by atoms with Crippen molar-refractivity contribution in [1.82, 2.24) is 4.90 Å². The van der Waals surface area contributed by atoms with E-state index in [-0.39, 0.29) is 5.91 Å². The molecule has 1 aromatic rings. The summed E-state index contributed by atoms with van der Waals surface area (Å²) in [6.45, 7) is 6.84. The Bertz CT molecular complexity index is 448. The molecule has 0 saturated carbocycles. The molecule has 0 N–H and O–H groups in total. The van der Waals surface area contributed by atoms with E-state index in [2.05, 4.69) is 12.6 Å². The van der Waals surface area contributed by atoms with E-state index in [1.54, 1.807) is 11.0 Å². The summed E-state index contributed by atoms with van der Waals surface area (Å²) in [5.41, 5.74) is 1.01. The second-order valence-corrected chi connectivity index (χ2v) is 4.44. The molecule has 0 aliphatic carbocycles. The highest BCUT2D eigenvalue weighted by molar-refractivity contribution is 5.81. The van der Waals surface area contributed by atoms with E-state index in [1.165, 1.54) is 0 Å². The maximum atomic E-state index is 12.3. The Hall–Kier alpha value is -2.08. The van der Waals surface area contributed by atoms with E-state index in [0.29, 0.717) is 19.5 Å².